The number of amides is 1. The van der Waals surface area contributed by atoms with Crippen molar-refractivity contribution in [2.45, 2.75) is 39.7 Å². The minimum atomic E-state index is -0.155. The first-order valence-electron chi connectivity index (χ1n) is 14.8. The van der Waals surface area contributed by atoms with Crippen molar-refractivity contribution in [1.82, 2.24) is 29.9 Å². The number of rotatable bonds is 10. The zero-order valence-corrected chi connectivity index (χ0v) is 24.8. The highest BCUT2D eigenvalue weighted by molar-refractivity contribution is 6.02. The van der Waals surface area contributed by atoms with Gasteiger partial charge in [-0.05, 0) is 73.5 Å². The largest absolute Gasteiger partial charge is 0.354 e. The van der Waals surface area contributed by atoms with Crippen molar-refractivity contribution in [2.24, 2.45) is 5.92 Å². The summed E-state index contributed by atoms with van der Waals surface area (Å²) < 4.78 is 1.79. The maximum atomic E-state index is 12.1. The van der Waals surface area contributed by atoms with Gasteiger partial charge in [0, 0.05) is 41.5 Å². The molecule has 5 aromatic rings. The summed E-state index contributed by atoms with van der Waals surface area (Å²) in [6, 6.07) is 16.1. The number of carbonyl (C=O) groups is 1. The highest BCUT2D eigenvalue weighted by atomic mass is 16.1. The Hall–Kier alpha value is -4.83. The van der Waals surface area contributed by atoms with Gasteiger partial charge < -0.3 is 21.3 Å². The van der Waals surface area contributed by atoms with Gasteiger partial charge in [0.2, 0.25) is 17.8 Å². The fourth-order valence-corrected chi connectivity index (χ4v) is 5.50. The molecule has 43 heavy (non-hydrogen) atoms. The number of fused-ring (bicyclic) bond motifs is 2. The minimum Gasteiger partial charge on any atom is -0.354 e. The molecule has 6 rings (SSSR count). The van der Waals surface area contributed by atoms with Crippen LogP contribution >= 0.6 is 0 Å². The molecular formula is C33H37N9O. The molecule has 3 aromatic heterocycles. The van der Waals surface area contributed by atoms with E-state index in [0.717, 1.165) is 70.5 Å². The third-order valence-electron chi connectivity index (χ3n) is 7.79. The standard InChI is InChI=1S/C33H37N9O/c1-4-7-29(43)39-25-10-11-27-23(16-25)13-15-35-30(27)26-9-6-5-8-24(26)19-37-33-41-32(36-18-22-12-14-34-17-22)40-31-28(21(2)3)20-38-42(31)33/h4-11,13,15-16,20-22,34H,12,14,17-19H2,1-3H3,(H,39,43)(H2,36,37,40,41)/b7-4+/t22-/m1/s1. The van der Waals surface area contributed by atoms with Crippen LogP contribution in [0.4, 0.5) is 17.6 Å². The number of anilines is 3. The molecule has 220 valence electrons. The average Bonchev–Trinajstić information content (AvgIpc) is 3.69. The molecule has 0 radical (unpaired) electrons. The van der Waals surface area contributed by atoms with Gasteiger partial charge in [0.05, 0.1) is 11.9 Å². The number of carbonyl (C=O) groups excluding carboxylic acids is 1. The number of aromatic nitrogens is 5. The Balaban J connectivity index is 1.30. The Morgan fingerprint density at radius 3 is 2.84 bits per heavy atom. The van der Waals surface area contributed by atoms with Crippen LogP contribution in [0.5, 0.6) is 0 Å². The smallest absolute Gasteiger partial charge is 0.248 e. The number of pyridine rings is 1. The first kappa shape index (κ1) is 28.3. The van der Waals surface area contributed by atoms with Gasteiger partial charge in [-0.3, -0.25) is 9.78 Å². The normalized spacial score (nSPS) is 15.1. The van der Waals surface area contributed by atoms with Crippen LogP contribution in [0.2, 0.25) is 0 Å². The summed E-state index contributed by atoms with van der Waals surface area (Å²) in [5.41, 5.74) is 5.60. The monoisotopic (exact) mass is 575 g/mol. The third-order valence-corrected chi connectivity index (χ3v) is 7.79. The van der Waals surface area contributed by atoms with Crippen molar-refractivity contribution in [2.75, 3.05) is 35.6 Å². The Morgan fingerprint density at radius 1 is 1.14 bits per heavy atom. The molecule has 0 aliphatic carbocycles. The third kappa shape index (κ3) is 6.19. The lowest BCUT2D eigenvalue weighted by molar-refractivity contribution is -0.111. The lowest BCUT2D eigenvalue weighted by Gasteiger charge is -2.15. The lowest BCUT2D eigenvalue weighted by atomic mass is 9.99. The maximum absolute atomic E-state index is 12.1. The van der Waals surface area contributed by atoms with Crippen LogP contribution in [0.15, 0.2) is 73.1 Å². The molecule has 4 heterocycles. The molecule has 0 spiro atoms. The summed E-state index contributed by atoms with van der Waals surface area (Å²) in [5.74, 6) is 1.92. The van der Waals surface area contributed by atoms with Crippen molar-refractivity contribution >= 4 is 39.9 Å². The van der Waals surface area contributed by atoms with E-state index in [4.69, 9.17) is 15.0 Å². The molecule has 1 atom stereocenters. The fraction of sp³-hybridized carbons (Fsp3) is 0.303. The van der Waals surface area contributed by atoms with Gasteiger partial charge in [-0.25, -0.2) is 0 Å². The molecular weight excluding hydrogens is 538 g/mol. The summed E-state index contributed by atoms with van der Waals surface area (Å²) in [7, 11) is 0. The first-order chi connectivity index (χ1) is 21.0. The van der Waals surface area contributed by atoms with Crippen LogP contribution in [0.3, 0.4) is 0 Å². The van der Waals surface area contributed by atoms with E-state index in [1.807, 2.05) is 55.7 Å². The average molecular weight is 576 g/mol. The van der Waals surface area contributed by atoms with Crippen LogP contribution in [0.25, 0.3) is 27.7 Å². The molecule has 1 aliphatic rings. The Bertz CT molecular complexity index is 1790. The molecule has 10 heteroatoms. The van der Waals surface area contributed by atoms with E-state index in [1.54, 1.807) is 10.6 Å². The minimum absolute atomic E-state index is 0.155. The maximum Gasteiger partial charge on any atom is 0.248 e. The number of hydrogen-bond acceptors (Lipinski definition) is 8. The Kier molecular flexibility index (Phi) is 8.28. The molecule has 1 aliphatic heterocycles. The van der Waals surface area contributed by atoms with Crippen molar-refractivity contribution in [3.05, 3.63) is 84.2 Å². The second-order valence-electron chi connectivity index (χ2n) is 11.2. The molecule has 4 N–H and O–H groups in total. The second-order valence-corrected chi connectivity index (χ2v) is 11.2. The lowest BCUT2D eigenvalue weighted by Crippen LogP contribution is -2.19. The van der Waals surface area contributed by atoms with Gasteiger partial charge in [-0.2, -0.15) is 19.6 Å². The van der Waals surface area contributed by atoms with Crippen LogP contribution in [0, 0.1) is 5.92 Å². The molecule has 0 saturated carbocycles. The van der Waals surface area contributed by atoms with Gasteiger partial charge in [0.15, 0.2) is 5.65 Å². The van der Waals surface area contributed by atoms with E-state index in [1.165, 1.54) is 6.08 Å². The Morgan fingerprint density at radius 2 is 2.02 bits per heavy atom. The van der Waals surface area contributed by atoms with E-state index < -0.39 is 0 Å². The Labute approximate surface area is 251 Å². The van der Waals surface area contributed by atoms with Crippen LogP contribution in [-0.4, -0.2) is 50.1 Å². The second kappa shape index (κ2) is 12.6. The zero-order valence-electron chi connectivity index (χ0n) is 24.8. The summed E-state index contributed by atoms with van der Waals surface area (Å²) in [6.45, 7) is 9.52. The van der Waals surface area contributed by atoms with Crippen molar-refractivity contribution in [1.29, 1.82) is 0 Å². The summed E-state index contributed by atoms with van der Waals surface area (Å²) in [4.78, 5) is 26.5. The molecule has 10 nitrogen and oxygen atoms in total. The number of benzene rings is 2. The number of allylic oxidation sites excluding steroid dienone is 1. The molecule has 1 amide bonds. The molecule has 0 unspecified atom stereocenters. The van der Waals surface area contributed by atoms with Crippen LogP contribution in [0.1, 0.15) is 44.2 Å². The predicted molar refractivity (Wildman–Crippen MR) is 172 cm³/mol. The van der Waals surface area contributed by atoms with E-state index in [9.17, 15) is 4.79 Å². The molecule has 1 fully saturated rings. The molecule has 1 saturated heterocycles. The van der Waals surface area contributed by atoms with Crippen molar-refractivity contribution in [3.63, 3.8) is 0 Å². The SMILES string of the molecule is C/C=C/C(=O)Nc1ccc2c(-c3ccccc3CNc3nc(NC[C@@H]4CCNC4)nc4c(C(C)C)cnn34)nccc2c1. The summed E-state index contributed by atoms with van der Waals surface area (Å²) in [5, 5.41) is 20.0. The van der Waals surface area contributed by atoms with E-state index >= 15 is 0 Å². The molecule has 0 bridgehead atoms. The van der Waals surface area contributed by atoms with Gasteiger partial charge in [0.1, 0.15) is 0 Å². The zero-order chi connectivity index (χ0) is 29.8. The predicted octanol–water partition coefficient (Wildman–Crippen LogP) is 5.61. The van der Waals surface area contributed by atoms with Crippen LogP contribution in [-0.2, 0) is 11.3 Å². The topological polar surface area (TPSA) is 121 Å². The van der Waals surface area contributed by atoms with Crippen LogP contribution < -0.4 is 21.3 Å². The van der Waals surface area contributed by atoms with Gasteiger partial charge >= 0.3 is 0 Å². The van der Waals surface area contributed by atoms with E-state index in [2.05, 4.69) is 52.3 Å². The highest BCUT2D eigenvalue weighted by Gasteiger charge is 2.18. The summed E-state index contributed by atoms with van der Waals surface area (Å²) in [6.07, 6.45) is 8.07. The van der Waals surface area contributed by atoms with Gasteiger partial charge in [-0.1, -0.05) is 50.3 Å². The molecule has 2 aromatic carbocycles. The number of nitrogens with zero attached hydrogens (tertiary/aromatic N) is 5. The fourth-order valence-electron chi connectivity index (χ4n) is 5.50. The first-order valence-corrected chi connectivity index (χ1v) is 14.8. The highest BCUT2D eigenvalue weighted by Crippen LogP contribution is 2.31. The van der Waals surface area contributed by atoms with Crippen molar-refractivity contribution in [3.8, 4) is 11.3 Å². The van der Waals surface area contributed by atoms with Gasteiger partial charge in [0.25, 0.3) is 0 Å². The van der Waals surface area contributed by atoms with E-state index in [0.29, 0.717) is 24.4 Å². The number of hydrogen-bond donors (Lipinski definition) is 4. The summed E-state index contributed by atoms with van der Waals surface area (Å²) >= 11 is 0. The quantitative estimate of drug-likeness (QED) is 0.159. The van der Waals surface area contributed by atoms with E-state index in [-0.39, 0.29) is 11.8 Å². The van der Waals surface area contributed by atoms with Gasteiger partial charge in [-0.15, -0.1) is 0 Å². The van der Waals surface area contributed by atoms with Crippen molar-refractivity contribution < 1.29 is 4.79 Å². The number of nitrogens with one attached hydrogen (secondary N) is 4.